The molecule has 33 heavy (non-hydrogen) atoms. The van der Waals surface area contributed by atoms with Crippen LogP contribution in [0, 0.1) is 16.3 Å². The van der Waals surface area contributed by atoms with E-state index >= 15 is 0 Å². The molecule has 1 atom stereocenters. The van der Waals surface area contributed by atoms with Crippen molar-refractivity contribution < 1.29 is 4.74 Å². The quantitative estimate of drug-likeness (QED) is 0.280. The molecular weight excluding hydrogens is 452 g/mol. The number of hydrogen-bond donors (Lipinski definition) is 3. The van der Waals surface area contributed by atoms with Gasteiger partial charge in [-0.2, -0.15) is 10.1 Å². The van der Waals surface area contributed by atoms with Crippen molar-refractivity contribution in [3.05, 3.63) is 92.5 Å². The van der Waals surface area contributed by atoms with E-state index in [1.165, 1.54) is 0 Å². The fourth-order valence-electron chi connectivity index (χ4n) is 4.48. The fourth-order valence-corrected chi connectivity index (χ4v) is 5.06. The number of aromatic nitrogens is 5. The summed E-state index contributed by atoms with van der Waals surface area (Å²) in [6.45, 7) is 1.98. The number of H-pyrrole nitrogens is 2. The summed E-state index contributed by atoms with van der Waals surface area (Å²) in [5, 5.41) is 5.45. The zero-order chi connectivity index (χ0) is 22.7. The van der Waals surface area contributed by atoms with E-state index in [2.05, 4.69) is 22.1 Å². The number of nitrogens with one attached hydrogen (secondary N) is 2. The first-order valence-corrected chi connectivity index (χ1v) is 11.2. The van der Waals surface area contributed by atoms with Crippen molar-refractivity contribution in [1.82, 2.24) is 24.7 Å². The number of ether oxygens (including phenoxy) is 1. The Balaban J connectivity index is 1.71. The summed E-state index contributed by atoms with van der Waals surface area (Å²) in [6, 6.07) is 20.0. The standard InChI is InChI=1S/C24H18N6OS2/c1-12-15-16(13-8-4-2-5-9-13)17-19(25)18-20(27-24(33)28-22(18)32)26-21(17)31-23(15)30(29-12)14-10-6-3-7-11-14/h2-11,16H,1H3,(H4,25,26,27,28,32,33). The number of nitrogen functional groups attached to an aromatic ring is 1. The van der Waals surface area contributed by atoms with Crippen LogP contribution in [0.2, 0.25) is 0 Å². The maximum absolute atomic E-state index is 6.76. The highest BCUT2D eigenvalue weighted by Crippen LogP contribution is 2.51. The maximum atomic E-state index is 6.76. The van der Waals surface area contributed by atoms with Crippen LogP contribution >= 0.6 is 24.4 Å². The number of para-hydroxylation sites is 1. The molecule has 1 unspecified atom stereocenters. The second-order valence-electron chi connectivity index (χ2n) is 7.87. The Morgan fingerprint density at radius 1 is 0.970 bits per heavy atom. The molecule has 4 heterocycles. The third-order valence-corrected chi connectivity index (χ3v) is 6.40. The Morgan fingerprint density at radius 3 is 2.39 bits per heavy atom. The molecule has 0 bridgehead atoms. The lowest BCUT2D eigenvalue weighted by Crippen LogP contribution is -2.17. The number of aryl methyl sites for hydroxylation is 1. The van der Waals surface area contributed by atoms with Gasteiger partial charge in [-0.15, -0.1) is 0 Å². The molecule has 3 aromatic heterocycles. The zero-order valence-electron chi connectivity index (χ0n) is 17.5. The van der Waals surface area contributed by atoms with Crippen molar-refractivity contribution in [1.29, 1.82) is 0 Å². The highest BCUT2D eigenvalue weighted by Gasteiger charge is 2.37. The predicted molar refractivity (Wildman–Crippen MR) is 132 cm³/mol. The van der Waals surface area contributed by atoms with Gasteiger partial charge in [0.25, 0.3) is 0 Å². The van der Waals surface area contributed by atoms with Crippen LogP contribution in [0.1, 0.15) is 28.3 Å². The SMILES string of the molecule is Cc1nn(-c2ccccc2)c2c1C(c1ccccc1)c1c(nc3[nH]c(=S)[nH]c(=S)c3c1N)O2. The fraction of sp³-hybridized carbons (Fsp3) is 0.0833. The van der Waals surface area contributed by atoms with Crippen LogP contribution in [0.3, 0.4) is 0 Å². The minimum absolute atomic E-state index is 0.225. The van der Waals surface area contributed by atoms with Crippen molar-refractivity contribution in [3.63, 3.8) is 0 Å². The van der Waals surface area contributed by atoms with Crippen molar-refractivity contribution in [2.75, 3.05) is 5.73 Å². The van der Waals surface area contributed by atoms with Gasteiger partial charge in [0.15, 0.2) is 4.77 Å². The zero-order valence-corrected chi connectivity index (χ0v) is 19.1. The summed E-state index contributed by atoms with van der Waals surface area (Å²) in [6.07, 6.45) is 0. The Labute approximate surface area is 198 Å². The third kappa shape index (κ3) is 3.00. The Hall–Kier alpha value is -3.82. The molecular formula is C24H18N6OS2. The van der Waals surface area contributed by atoms with Crippen molar-refractivity contribution >= 4 is 41.2 Å². The summed E-state index contributed by atoms with van der Waals surface area (Å²) in [5.41, 5.74) is 12.3. The lowest BCUT2D eigenvalue weighted by atomic mass is 9.83. The average molecular weight is 471 g/mol. The van der Waals surface area contributed by atoms with Gasteiger partial charge in [0.05, 0.1) is 28.0 Å². The summed E-state index contributed by atoms with van der Waals surface area (Å²) in [7, 11) is 0. The van der Waals surface area contributed by atoms with Crippen LogP contribution in [0.4, 0.5) is 5.69 Å². The number of rotatable bonds is 2. The Bertz CT molecular complexity index is 1650. The van der Waals surface area contributed by atoms with Gasteiger partial charge in [-0.3, -0.25) is 0 Å². The number of anilines is 1. The molecule has 7 nitrogen and oxygen atoms in total. The molecule has 1 aliphatic rings. The topological polar surface area (TPSA) is 97.5 Å². The van der Waals surface area contributed by atoms with Gasteiger partial charge in [0.2, 0.25) is 11.8 Å². The molecule has 0 saturated heterocycles. The summed E-state index contributed by atoms with van der Waals surface area (Å²) in [5.74, 6) is 0.799. The Morgan fingerprint density at radius 2 is 1.67 bits per heavy atom. The van der Waals surface area contributed by atoms with Gasteiger partial charge >= 0.3 is 0 Å². The highest BCUT2D eigenvalue weighted by molar-refractivity contribution is 7.72. The van der Waals surface area contributed by atoms with E-state index < -0.39 is 0 Å². The van der Waals surface area contributed by atoms with E-state index in [4.69, 9.17) is 45.0 Å². The van der Waals surface area contributed by atoms with Gasteiger partial charge in [-0.05, 0) is 36.8 Å². The minimum Gasteiger partial charge on any atom is -0.420 e. The lowest BCUT2D eigenvalue weighted by Gasteiger charge is -2.28. The summed E-state index contributed by atoms with van der Waals surface area (Å²) < 4.78 is 9.04. The van der Waals surface area contributed by atoms with Crippen molar-refractivity contribution in [3.8, 4) is 17.4 Å². The van der Waals surface area contributed by atoms with Crippen molar-refractivity contribution in [2.24, 2.45) is 0 Å². The van der Waals surface area contributed by atoms with Crippen LogP contribution in [0.15, 0.2) is 60.7 Å². The molecule has 9 heteroatoms. The molecule has 6 rings (SSSR count). The van der Waals surface area contributed by atoms with E-state index in [0.29, 0.717) is 37.9 Å². The van der Waals surface area contributed by atoms with Crippen LogP contribution in [-0.2, 0) is 0 Å². The summed E-state index contributed by atoms with van der Waals surface area (Å²) in [4.78, 5) is 10.8. The molecule has 162 valence electrons. The predicted octanol–water partition coefficient (Wildman–Crippen LogP) is 5.71. The van der Waals surface area contributed by atoms with E-state index in [0.717, 1.165) is 28.1 Å². The number of benzene rings is 2. The molecule has 0 amide bonds. The van der Waals surface area contributed by atoms with Crippen LogP contribution in [0.5, 0.6) is 11.8 Å². The van der Waals surface area contributed by atoms with Gasteiger partial charge < -0.3 is 20.4 Å². The molecule has 0 fully saturated rings. The van der Waals surface area contributed by atoms with Gasteiger partial charge in [-0.1, -0.05) is 60.7 Å². The minimum atomic E-state index is -0.225. The molecule has 5 aromatic rings. The van der Waals surface area contributed by atoms with Crippen LogP contribution < -0.4 is 10.5 Å². The second kappa shape index (κ2) is 7.36. The first-order chi connectivity index (χ1) is 16.0. The average Bonchev–Trinajstić information content (AvgIpc) is 3.14. The van der Waals surface area contributed by atoms with Crippen LogP contribution in [-0.4, -0.2) is 24.7 Å². The number of hydrogen-bond acceptors (Lipinski definition) is 6. The number of nitrogens with two attached hydrogens (primary N) is 1. The van der Waals surface area contributed by atoms with E-state index in [1.54, 1.807) is 0 Å². The smallest absolute Gasteiger partial charge is 0.229 e. The number of pyridine rings is 1. The first-order valence-electron chi connectivity index (χ1n) is 10.4. The number of aromatic amines is 2. The van der Waals surface area contributed by atoms with Crippen LogP contribution in [0.25, 0.3) is 16.7 Å². The molecule has 2 aromatic carbocycles. The molecule has 0 aliphatic carbocycles. The van der Waals surface area contributed by atoms with Crippen molar-refractivity contribution in [2.45, 2.75) is 12.8 Å². The monoisotopic (exact) mass is 470 g/mol. The second-order valence-corrected chi connectivity index (χ2v) is 8.69. The molecule has 0 radical (unpaired) electrons. The highest BCUT2D eigenvalue weighted by atomic mass is 32.1. The normalized spacial score (nSPS) is 14.5. The molecule has 4 N–H and O–H groups in total. The van der Waals surface area contributed by atoms with Gasteiger partial charge in [-0.25, -0.2) is 4.68 Å². The third-order valence-electron chi connectivity index (χ3n) is 5.89. The molecule has 0 saturated carbocycles. The number of nitrogens with zero attached hydrogens (tertiary/aromatic N) is 3. The molecule has 1 aliphatic heterocycles. The Kier molecular flexibility index (Phi) is 4.42. The summed E-state index contributed by atoms with van der Waals surface area (Å²) >= 11 is 10.8. The molecule has 0 spiro atoms. The lowest BCUT2D eigenvalue weighted by molar-refractivity contribution is 0.406. The largest absolute Gasteiger partial charge is 0.420 e. The van der Waals surface area contributed by atoms with E-state index in [1.807, 2.05) is 60.1 Å². The first kappa shape index (κ1) is 19.8. The van der Waals surface area contributed by atoms with Gasteiger partial charge in [0, 0.05) is 11.5 Å². The van der Waals surface area contributed by atoms with E-state index in [9.17, 15) is 0 Å². The number of fused-ring (bicyclic) bond motifs is 3. The van der Waals surface area contributed by atoms with E-state index in [-0.39, 0.29) is 5.92 Å². The van der Waals surface area contributed by atoms with Gasteiger partial charge in [0.1, 0.15) is 10.3 Å². The maximum Gasteiger partial charge on any atom is 0.229 e.